The molecule has 1 fully saturated rings. The topological polar surface area (TPSA) is 105 Å². The van der Waals surface area contributed by atoms with Gasteiger partial charge in [-0.2, -0.15) is 0 Å². The van der Waals surface area contributed by atoms with Crippen molar-refractivity contribution in [2.45, 2.75) is 62.6 Å². The lowest BCUT2D eigenvalue weighted by molar-refractivity contribution is -0.139. The van der Waals surface area contributed by atoms with Crippen molar-refractivity contribution in [2.24, 2.45) is 0 Å². The monoisotopic (exact) mass is 661 g/mol. The van der Waals surface area contributed by atoms with Crippen LogP contribution in [0.25, 0.3) is 0 Å². The average molecular weight is 663 g/mol. The lowest BCUT2D eigenvalue weighted by Crippen LogP contribution is -2.53. The highest BCUT2D eigenvalue weighted by atomic mass is 35.5. The van der Waals surface area contributed by atoms with E-state index in [9.17, 15) is 18.0 Å². The number of benzene rings is 3. The van der Waals surface area contributed by atoms with Crippen molar-refractivity contribution in [3.8, 4) is 11.5 Å². The molecule has 0 bridgehead atoms. The molecule has 1 aliphatic rings. The molecule has 0 radical (unpaired) electrons. The van der Waals surface area contributed by atoms with Crippen LogP contribution in [0.3, 0.4) is 0 Å². The minimum atomic E-state index is -4.32. The Morgan fingerprint density at radius 2 is 1.59 bits per heavy atom. The molecule has 1 atom stereocenters. The number of anilines is 1. The number of nitrogens with one attached hydrogen (secondary N) is 1. The molecule has 0 unspecified atom stereocenters. The highest BCUT2D eigenvalue weighted by Crippen LogP contribution is 2.33. The summed E-state index contributed by atoms with van der Waals surface area (Å²) < 4.78 is 39.9. The lowest BCUT2D eigenvalue weighted by atomic mass is 9.95. The lowest BCUT2D eigenvalue weighted by Gasteiger charge is -2.33. The van der Waals surface area contributed by atoms with Gasteiger partial charge in [0.05, 0.1) is 24.8 Å². The van der Waals surface area contributed by atoms with E-state index in [1.807, 2.05) is 0 Å². The standard InChI is InChI=1S/C32H37Cl2N3O6S/c1-22(32(39)35-25-10-5-4-6-11-25)36(20-23-9-7-8-12-28(23)34)31(38)21-37(26-15-13-24(33)14-16-26)44(40,41)27-17-18-29(42-2)30(19-27)43-3/h7-9,12-19,22,25H,4-6,10-11,20-21H2,1-3H3,(H,35,39)/t22-/m0/s1. The summed E-state index contributed by atoms with van der Waals surface area (Å²) in [4.78, 5) is 28.9. The summed E-state index contributed by atoms with van der Waals surface area (Å²) in [6.45, 7) is 1.05. The maximum atomic E-state index is 14.2. The van der Waals surface area contributed by atoms with E-state index >= 15 is 0 Å². The third-order valence-corrected chi connectivity index (χ3v) is 10.1. The van der Waals surface area contributed by atoms with E-state index in [0.717, 1.165) is 36.4 Å². The summed E-state index contributed by atoms with van der Waals surface area (Å²) in [6, 6.07) is 16.5. The Hall–Kier alpha value is -3.47. The Morgan fingerprint density at radius 3 is 2.23 bits per heavy atom. The number of nitrogens with zero attached hydrogens (tertiary/aromatic N) is 2. The van der Waals surface area contributed by atoms with Crippen molar-refractivity contribution in [3.05, 3.63) is 82.3 Å². The summed E-state index contributed by atoms with van der Waals surface area (Å²) >= 11 is 12.6. The number of sulfonamides is 1. The maximum Gasteiger partial charge on any atom is 0.264 e. The van der Waals surface area contributed by atoms with Gasteiger partial charge >= 0.3 is 0 Å². The van der Waals surface area contributed by atoms with Gasteiger partial charge in [-0.25, -0.2) is 8.42 Å². The van der Waals surface area contributed by atoms with Crippen molar-refractivity contribution >= 4 is 50.7 Å². The third-order valence-electron chi connectivity index (χ3n) is 7.75. The Labute approximate surface area is 269 Å². The molecule has 0 heterocycles. The molecular formula is C32H37Cl2N3O6S. The van der Waals surface area contributed by atoms with Gasteiger partial charge in [0, 0.05) is 28.7 Å². The molecule has 0 aliphatic heterocycles. The number of ether oxygens (including phenoxy) is 2. The Kier molecular flexibility index (Phi) is 11.4. The molecule has 0 aromatic heterocycles. The summed E-state index contributed by atoms with van der Waals surface area (Å²) in [6.07, 6.45) is 4.96. The third kappa shape index (κ3) is 7.97. The van der Waals surface area contributed by atoms with Crippen molar-refractivity contribution in [1.29, 1.82) is 0 Å². The predicted molar refractivity (Wildman–Crippen MR) is 172 cm³/mol. The largest absolute Gasteiger partial charge is 0.493 e. The molecule has 3 aromatic rings. The zero-order valence-corrected chi connectivity index (χ0v) is 27.3. The normalized spacial score (nSPS) is 14.4. The average Bonchev–Trinajstić information content (AvgIpc) is 3.03. The zero-order chi connectivity index (χ0) is 31.9. The minimum absolute atomic E-state index is 0.00260. The number of carbonyl (C=O) groups excluding carboxylic acids is 2. The van der Waals surface area contributed by atoms with Gasteiger partial charge in [-0.1, -0.05) is 60.7 Å². The molecule has 0 spiro atoms. The van der Waals surface area contributed by atoms with Crippen LogP contribution in [0, 0.1) is 0 Å². The summed E-state index contributed by atoms with van der Waals surface area (Å²) in [7, 11) is -1.47. The first-order valence-corrected chi connectivity index (χ1v) is 16.6. The number of hydrogen-bond donors (Lipinski definition) is 1. The molecule has 9 nitrogen and oxygen atoms in total. The Balaban J connectivity index is 1.71. The van der Waals surface area contributed by atoms with Crippen LogP contribution in [0.2, 0.25) is 10.0 Å². The maximum absolute atomic E-state index is 14.2. The highest BCUT2D eigenvalue weighted by molar-refractivity contribution is 7.92. The molecule has 1 N–H and O–H groups in total. The number of hydrogen-bond acceptors (Lipinski definition) is 6. The fourth-order valence-corrected chi connectivity index (χ4v) is 6.95. The van der Waals surface area contributed by atoms with E-state index in [1.54, 1.807) is 43.3 Å². The van der Waals surface area contributed by atoms with Gasteiger partial charge < -0.3 is 19.7 Å². The van der Waals surface area contributed by atoms with E-state index in [0.29, 0.717) is 21.4 Å². The second kappa shape index (κ2) is 15.0. The summed E-state index contributed by atoms with van der Waals surface area (Å²) in [5.41, 5.74) is 0.843. The SMILES string of the molecule is COc1ccc(S(=O)(=O)N(CC(=O)N(Cc2ccccc2Cl)[C@@H](C)C(=O)NC2CCCCC2)c2ccc(Cl)cc2)cc1OC. The second-order valence-corrected chi connectivity index (χ2v) is 13.3. The molecule has 4 rings (SSSR count). The molecule has 12 heteroatoms. The molecule has 236 valence electrons. The molecule has 2 amide bonds. The van der Waals surface area contributed by atoms with Gasteiger partial charge in [0.15, 0.2) is 11.5 Å². The molecule has 3 aromatic carbocycles. The van der Waals surface area contributed by atoms with Crippen LogP contribution in [-0.2, 0) is 26.2 Å². The first kappa shape index (κ1) is 33.4. The van der Waals surface area contributed by atoms with E-state index in [2.05, 4.69) is 5.32 Å². The van der Waals surface area contributed by atoms with E-state index in [-0.39, 0.29) is 34.8 Å². The smallest absolute Gasteiger partial charge is 0.264 e. The van der Waals surface area contributed by atoms with Crippen molar-refractivity contribution < 1.29 is 27.5 Å². The molecule has 1 aliphatic carbocycles. The van der Waals surface area contributed by atoms with Crippen LogP contribution in [-0.4, -0.2) is 58.0 Å². The van der Waals surface area contributed by atoms with Gasteiger partial charge in [0.1, 0.15) is 12.6 Å². The first-order chi connectivity index (χ1) is 21.0. The predicted octanol–water partition coefficient (Wildman–Crippen LogP) is 6.07. The van der Waals surface area contributed by atoms with Crippen LogP contribution in [0.1, 0.15) is 44.6 Å². The highest BCUT2D eigenvalue weighted by Gasteiger charge is 2.34. The van der Waals surface area contributed by atoms with E-state index in [1.165, 1.54) is 49.5 Å². The molecule has 1 saturated carbocycles. The minimum Gasteiger partial charge on any atom is -0.493 e. The van der Waals surface area contributed by atoms with Crippen LogP contribution in [0.4, 0.5) is 5.69 Å². The van der Waals surface area contributed by atoms with Crippen molar-refractivity contribution in [2.75, 3.05) is 25.1 Å². The molecular weight excluding hydrogens is 625 g/mol. The van der Waals surface area contributed by atoms with Crippen LogP contribution in [0.5, 0.6) is 11.5 Å². The Morgan fingerprint density at radius 1 is 0.932 bits per heavy atom. The van der Waals surface area contributed by atoms with Crippen molar-refractivity contribution in [3.63, 3.8) is 0 Å². The second-order valence-electron chi connectivity index (χ2n) is 10.6. The molecule has 0 saturated heterocycles. The van der Waals surface area contributed by atoms with Gasteiger partial charge in [-0.05, 0) is 67.8 Å². The van der Waals surface area contributed by atoms with Crippen LogP contribution < -0.4 is 19.1 Å². The van der Waals surface area contributed by atoms with Gasteiger partial charge in [-0.15, -0.1) is 0 Å². The van der Waals surface area contributed by atoms with E-state index in [4.69, 9.17) is 32.7 Å². The number of halogens is 2. The van der Waals surface area contributed by atoms with Crippen LogP contribution >= 0.6 is 23.2 Å². The number of methoxy groups -OCH3 is 2. The summed E-state index contributed by atoms with van der Waals surface area (Å²) in [5, 5.41) is 3.92. The zero-order valence-electron chi connectivity index (χ0n) is 25.0. The Bertz CT molecular complexity index is 1560. The van der Waals surface area contributed by atoms with Gasteiger partial charge in [0.25, 0.3) is 10.0 Å². The summed E-state index contributed by atoms with van der Waals surface area (Å²) in [5.74, 6) is -0.332. The number of rotatable bonds is 12. The van der Waals surface area contributed by atoms with E-state index < -0.39 is 28.5 Å². The quantitative estimate of drug-likeness (QED) is 0.253. The van der Waals surface area contributed by atoms with Crippen LogP contribution in [0.15, 0.2) is 71.6 Å². The van der Waals surface area contributed by atoms with Gasteiger partial charge in [-0.3, -0.25) is 13.9 Å². The number of carbonyl (C=O) groups is 2. The van der Waals surface area contributed by atoms with Gasteiger partial charge in [0.2, 0.25) is 11.8 Å². The fourth-order valence-electron chi connectivity index (χ4n) is 5.20. The fraction of sp³-hybridized carbons (Fsp3) is 0.375. The first-order valence-electron chi connectivity index (χ1n) is 14.4. The van der Waals surface area contributed by atoms with Crippen molar-refractivity contribution in [1.82, 2.24) is 10.2 Å². The molecule has 44 heavy (non-hydrogen) atoms. The number of amides is 2.